The Labute approximate surface area is 260 Å². The van der Waals surface area contributed by atoms with Crippen LogP contribution in [0.2, 0.25) is 0 Å². The Morgan fingerprint density at radius 2 is 1.50 bits per heavy atom. The number of carbonyl (C=O) groups excluding carboxylic acids is 3. The Kier molecular flexibility index (Phi) is 13.6. The predicted octanol–water partition coefficient (Wildman–Crippen LogP) is 6.22. The number of aryl methyl sites for hydroxylation is 2. The molecule has 3 rings (SSSR count). The lowest BCUT2D eigenvalue weighted by Gasteiger charge is -2.19. The number of amides is 3. The molecule has 44 heavy (non-hydrogen) atoms. The first-order valence-electron chi connectivity index (χ1n) is 15.1. The molecule has 3 aromatic carbocycles. The first-order valence-corrected chi connectivity index (χ1v) is 15.1. The number of ether oxygens (including phenoxy) is 3. The predicted molar refractivity (Wildman–Crippen MR) is 170 cm³/mol. The molecular formula is C35H45N3O6. The quantitative estimate of drug-likeness (QED) is 0.178. The first-order chi connectivity index (χ1) is 21.1. The van der Waals surface area contributed by atoms with Crippen molar-refractivity contribution < 1.29 is 28.6 Å². The van der Waals surface area contributed by atoms with Crippen LogP contribution in [0.3, 0.4) is 0 Å². The van der Waals surface area contributed by atoms with Gasteiger partial charge in [-0.1, -0.05) is 66.7 Å². The van der Waals surface area contributed by atoms with Crippen molar-refractivity contribution in [3.05, 3.63) is 101 Å². The van der Waals surface area contributed by atoms with E-state index in [-0.39, 0.29) is 19.1 Å². The van der Waals surface area contributed by atoms with Crippen molar-refractivity contribution in [3.8, 4) is 5.75 Å². The average Bonchev–Trinajstić information content (AvgIpc) is 3.00. The van der Waals surface area contributed by atoms with Crippen LogP contribution < -0.4 is 20.7 Å². The second-order valence-electron chi connectivity index (χ2n) is 11.6. The van der Waals surface area contributed by atoms with E-state index in [0.717, 1.165) is 35.1 Å². The van der Waals surface area contributed by atoms with Crippen LogP contribution in [-0.2, 0) is 33.8 Å². The molecule has 0 fully saturated rings. The monoisotopic (exact) mass is 603 g/mol. The van der Waals surface area contributed by atoms with Crippen LogP contribution in [0.5, 0.6) is 5.75 Å². The van der Waals surface area contributed by atoms with Gasteiger partial charge in [-0.15, -0.1) is 0 Å². The normalized spacial score (nSPS) is 11.6. The Balaban J connectivity index is 1.50. The van der Waals surface area contributed by atoms with Gasteiger partial charge in [0.05, 0.1) is 6.61 Å². The van der Waals surface area contributed by atoms with E-state index < -0.39 is 23.8 Å². The number of hydrogen-bond acceptors (Lipinski definition) is 6. The zero-order valence-corrected chi connectivity index (χ0v) is 26.2. The van der Waals surface area contributed by atoms with Gasteiger partial charge in [0.15, 0.2) is 0 Å². The van der Waals surface area contributed by atoms with Crippen molar-refractivity contribution >= 4 is 18.1 Å². The topological polar surface area (TPSA) is 115 Å². The number of rotatable bonds is 15. The van der Waals surface area contributed by atoms with E-state index in [1.165, 1.54) is 0 Å². The number of benzene rings is 3. The van der Waals surface area contributed by atoms with Crippen LogP contribution in [0.25, 0.3) is 0 Å². The number of carbonyl (C=O) groups is 3. The molecule has 3 N–H and O–H groups in total. The van der Waals surface area contributed by atoms with Crippen LogP contribution in [0, 0.1) is 6.92 Å². The summed E-state index contributed by atoms with van der Waals surface area (Å²) in [6.07, 6.45) is 1.47. The number of alkyl carbamates (subject to hydrolysis) is 2. The molecule has 0 heterocycles. The van der Waals surface area contributed by atoms with E-state index in [9.17, 15) is 14.4 Å². The molecule has 0 spiro atoms. The number of hydrogen-bond donors (Lipinski definition) is 3. The van der Waals surface area contributed by atoms with E-state index in [2.05, 4.69) is 16.0 Å². The van der Waals surface area contributed by atoms with Gasteiger partial charge in [0.1, 0.15) is 24.0 Å². The minimum absolute atomic E-state index is 0.117. The van der Waals surface area contributed by atoms with Crippen molar-refractivity contribution in [2.75, 3.05) is 13.2 Å². The molecule has 0 aliphatic rings. The standard InChI is InChI=1S/C35H45N3O6/c1-26-17-19-30(42-22-12-11-21-36-33(40)44-35(2,3)4)23-29(26)24-37-32(39)31(20-18-27-13-7-5-8-14-27)38-34(41)43-25-28-15-9-6-10-16-28/h5-10,13-17,19,23,31H,11-12,18,20-22,24-25H2,1-4H3,(H,36,40)(H,37,39)(H,38,41)/t31-/m0/s1. The summed E-state index contributed by atoms with van der Waals surface area (Å²) in [4.78, 5) is 37.7. The highest BCUT2D eigenvalue weighted by Gasteiger charge is 2.22. The highest BCUT2D eigenvalue weighted by molar-refractivity contribution is 5.85. The summed E-state index contributed by atoms with van der Waals surface area (Å²) in [7, 11) is 0. The van der Waals surface area contributed by atoms with E-state index >= 15 is 0 Å². The summed E-state index contributed by atoms with van der Waals surface area (Å²) in [5.41, 5.74) is 3.34. The van der Waals surface area contributed by atoms with Crippen LogP contribution in [0.4, 0.5) is 9.59 Å². The van der Waals surface area contributed by atoms with Gasteiger partial charge in [-0.05, 0) is 87.8 Å². The molecular weight excluding hydrogens is 558 g/mol. The summed E-state index contributed by atoms with van der Waals surface area (Å²) in [6.45, 7) is 8.84. The highest BCUT2D eigenvalue weighted by Crippen LogP contribution is 2.18. The van der Waals surface area contributed by atoms with Crippen molar-refractivity contribution in [2.24, 2.45) is 0 Å². The Hall–Kier alpha value is -4.53. The van der Waals surface area contributed by atoms with Crippen LogP contribution in [0.1, 0.15) is 62.3 Å². The molecule has 0 bridgehead atoms. The van der Waals surface area contributed by atoms with Crippen LogP contribution >= 0.6 is 0 Å². The van der Waals surface area contributed by atoms with Gasteiger partial charge in [0.2, 0.25) is 5.91 Å². The molecule has 1 atom stereocenters. The van der Waals surface area contributed by atoms with Crippen molar-refractivity contribution in [3.63, 3.8) is 0 Å². The van der Waals surface area contributed by atoms with Gasteiger partial charge in [0.25, 0.3) is 0 Å². The maximum absolute atomic E-state index is 13.3. The Morgan fingerprint density at radius 1 is 0.818 bits per heavy atom. The third-order valence-electron chi connectivity index (χ3n) is 6.67. The van der Waals surface area contributed by atoms with Gasteiger partial charge >= 0.3 is 12.2 Å². The Morgan fingerprint density at radius 3 is 2.18 bits per heavy atom. The minimum atomic E-state index is -0.771. The molecule has 0 saturated carbocycles. The van der Waals surface area contributed by atoms with Crippen LogP contribution in [0.15, 0.2) is 78.9 Å². The molecule has 0 aromatic heterocycles. The summed E-state index contributed by atoms with van der Waals surface area (Å²) in [6, 6.07) is 24.2. The highest BCUT2D eigenvalue weighted by atomic mass is 16.6. The van der Waals surface area contributed by atoms with Crippen molar-refractivity contribution in [1.82, 2.24) is 16.0 Å². The van der Waals surface area contributed by atoms with Crippen molar-refractivity contribution in [2.45, 2.75) is 78.2 Å². The lowest BCUT2D eigenvalue weighted by Crippen LogP contribution is -2.47. The fraction of sp³-hybridized carbons (Fsp3) is 0.400. The van der Waals surface area contributed by atoms with E-state index in [1.54, 1.807) is 0 Å². The van der Waals surface area contributed by atoms with E-state index in [1.807, 2.05) is 107 Å². The molecule has 3 amide bonds. The smallest absolute Gasteiger partial charge is 0.408 e. The molecule has 0 aliphatic heterocycles. The molecule has 236 valence electrons. The summed E-state index contributed by atoms with van der Waals surface area (Å²) >= 11 is 0. The maximum Gasteiger partial charge on any atom is 0.408 e. The minimum Gasteiger partial charge on any atom is -0.494 e. The second-order valence-corrected chi connectivity index (χ2v) is 11.6. The summed E-state index contributed by atoms with van der Waals surface area (Å²) in [5.74, 6) is 0.406. The molecule has 3 aromatic rings. The largest absolute Gasteiger partial charge is 0.494 e. The van der Waals surface area contributed by atoms with Gasteiger partial charge in [-0.2, -0.15) is 0 Å². The van der Waals surface area contributed by atoms with Crippen molar-refractivity contribution in [1.29, 1.82) is 0 Å². The molecule has 9 nitrogen and oxygen atoms in total. The molecule has 0 radical (unpaired) electrons. The van der Waals surface area contributed by atoms with Gasteiger partial charge in [-0.25, -0.2) is 9.59 Å². The van der Waals surface area contributed by atoms with Gasteiger partial charge in [-0.3, -0.25) is 4.79 Å². The molecule has 0 aliphatic carbocycles. The maximum atomic E-state index is 13.3. The fourth-order valence-corrected chi connectivity index (χ4v) is 4.29. The summed E-state index contributed by atoms with van der Waals surface area (Å²) in [5, 5.41) is 8.47. The molecule has 9 heteroatoms. The lowest BCUT2D eigenvalue weighted by atomic mass is 10.0. The summed E-state index contributed by atoms with van der Waals surface area (Å²) < 4.78 is 16.5. The Bertz CT molecular complexity index is 1330. The van der Waals surface area contributed by atoms with E-state index in [4.69, 9.17) is 14.2 Å². The number of unbranched alkanes of at least 4 members (excludes halogenated alkanes) is 1. The molecule has 0 saturated heterocycles. The van der Waals surface area contributed by atoms with Gasteiger partial charge < -0.3 is 30.2 Å². The average molecular weight is 604 g/mol. The van der Waals surface area contributed by atoms with Crippen LogP contribution in [-0.4, -0.2) is 42.9 Å². The zero-order chi connectivity index (χ0) is 31.8. The SMILES string of the molecule is Cc1ccc(OCCCCNC(=O)OC(C)(C)C)cc1CNC(=O)[C@H](CCc1ccccc1)NC(=O)OCc1ccccc1. The van der Waals surface area contributed by atoms with Gasteiger partial charge in [0, 0.05) is 13.1 Å². The fourth-order valence-electron chi connectivity index (χ4n) is 4.29. The second kappa shape index (κ2) is 17.6. The lowest BCUT2D eigenvalue weighted by molar-refractivity contribution is -0.123. The first kappa shape index (κ1) is 34.0. The van der Waals surface area contributed by atoms with E-state index in [0.29, 0.717) is 31.7 Å². The zero-order valence-electron chi connectivity index (χ0n) is 26.2. The number of nitrogens with one attached hydrogen (secondary N) is 3. The third kappa shape index (κ3) is 13.2. The third-order valence-corrected chi connectivity index (χ3v) is 6.67. The molecule has 0 unspecified atom stereocenters.